The summed E-state index contributed by atoms with van der Waals surface area (Å²) in [6, 6.07) is 4.20. The van der Waals surface area contributed by atoms with Gasteiger partial charge in [-0.2, -0.15) is 0 Å². The fourth-order valence-corrected chi connectivity index (χ4v) is 5.03. The maximum absolute atomic E-state index is 12.7. The van der Waals surface area contributed by atoms with E-state index in [-0.39, 0.29) is 11.5 Å². The van der Waals surface area contributed by atoms with Gasteiger partial charge in [0, 0.05) is 18.5 Å². The van der Waals surface area contributed by atoms with Gasteiger partial charge in [0.1, 0.15) is 5.78 Å². The molecule has 0 aromatic heterocycles. The summed E-state index contributed by atoms with van der Waals surface area (Å²) in [4.78, 5) is 15.3. The molecule has 4 heteroatoms. The molecule has 0 N–H and O–H groups in total. The van der Waals surface area contributed by atoms with Gasteiger partial charge in [-0.05, 0) is 55.5 Å². The third kappa shape index (κ3) is 1.46. The molecule has 110 valence electrons. The zero-order chi connectivity index (χ0) is 14.0. The van der Waals surface area contributed by atoms with Gasteiger partial charge in [0.15, 0.2) is 11.5 Å². The van der Waals surface area contributed by atoms with Crippen LogP contribution in [0.2, 0.25) is 0 Å². The Bertz CT molecular complexity index is 641. The van der Waals surface area contributed by atoms with Crippen molar-refractivity contribution in [1.29, 1.82) is 0 Å². The van der Waals surface area contributed by atoms with Crippen molar-refractivity contribution in [2.45, 2.75) is 43.6 Å². The van der Waals surface area contributed by atoms with Crippen LogP contribution in [0.4, 0.5) is 0 Å². The van der Waals surface area contributed by atoms with Gasteiger partial charge < -0.3 is 9.47 Å². The lowest BCUT2D eigenvalue weighted by molar-refractivity contribution is -0.119. The van der Waals surface area contributed by atoms with Gasteiger partial charge in [-0.3, -0.25) is 9.69 Å². The average molecular weight is 285 g/mol. The molecule has 1 aliphatic carbocycles. The van der Waals surface area contributed by atoms with E-state index in [4.69, 9.17) is 9.47 Å². The van der Waals surface area contributed by atoms with Crippen molar-refractivity contribution in [3.05, 3.63) is 23.3 Å². The molecule has 1 aromatic rings. The first-order chi connectivity index (χ1) is 10.3. The quantitative estimate of drug-likeness (QED) is 0.733. The Balaban J connectivity index is 1.72. The van der Waals surface area contributed by atoms with E-state index in [1.54, 1.807) is 0 Å². The number of rotatable bonds is 0. The summed E-state index contributed by atoms with van der Waals surface area (Å²) in [7, 11) is 0. The number of benzene rings is 1. The molecule has 21 heavy (non-hydrogen) atoms. The lowest BCUT2D eigenvalue weighted by atomic mass is 9.79. The van der Waals surface area contributed by atoms with Crippen LogP contribution in [0.1, 0.15) is 42.7 Å². The van der Waals surface area contributed by atoms with Gasteiger partial charge >= 0.3 is 0 Å². The molecule has 2 unspecified atom stereocenters. The van der Waals surface area contributed by atoms with Crippen LogP contribution in [0.3, 0.4) is 0 Å². The highest BCUT2D eigenvalue weighted by Gasteiger charge is 2.55. The summed E-state index contributed by atoms with van der Waals surface area (Å²) in [5.41, 5.74) is 2.59. The molecule has 2 atom stereocenters. The topological polar surface area (TPSA) is 38.8 Å². The lowest BCUT2D eigenvalue weighted by Gasteiger charge is -2.38. The molecule has 2 fully saturated rings. The van der Waals surface area contributed by atoms with E-state index >= 15 is 0 Å². The van der Waals surface area contributed by atoms with Crippen LogP contribution >= 0.6 is 0 Å². The van der Waals surface area contributed by atoms with Gasteiger partial charge in [0.05, 0.1) is 5.92 Å². The number of carbonyl (C=O) groups excluding carboxylic acids is 1. The fourth-order valence-electron chi connectivity index (χ4n) is 5.03. The van der Waals surface area contributed by atoms with Crippen LogP contribution in [-0.2, 0) is 11.2 Å². The van der Waals surface area contributed by atoms with E-state index < -0.39 is 0 Å². The van der Waals surface area contributed by atoms with Gasteiger partial charge in [-0.1, -0.05) is 0 Å². The van der Waals surface area contributed by atoms with Crippen molar-refractivity contribution in [1.82, 2.24) is 4.90 Å². The van der Waals surface area contributed by atoms with E-state index in [0.29, 0.717) is 12.6 Å². The van der Waals surface area contributed by atoms with Crippen molar-refractivity contribution in [3.63, 3.8) is 0 Å². The maximum Gasteiger partial charge on any atom is 0.231 e. The van der Waals surface area contributed by atoms with Gasteiger partial charge in [-0.25, -0.2) is 0 Å². The Morgan fingerprint density at radius 3 is 2.86 bits per heavy atom. The molecule has 3 aliphatic heterocycles. The van der Waals surface area contributed by atoms with Gasteiger partial charge in [0.25, 0.3) is 0 Å². The number of carbonyl (C=O) groups is 1. The number of Topliss-reactive ketones (excluding diaryl/α,β-unsaturated/α-hetero) is 1. The van der Waals surface area contributed by atoms with Gasteiger partial charge in [-0.15, -0.1) is 0 Å². The van der Waals surface area contributed by atoms with E-state index in [9.17, 15) is 4.79 Å². The minimum absolute atomic E-state index is 0.0481. The zero-order valence-electron chi connectivity index (χ0n) is 12.1. The highest BCUT2D eigenvalue weighted by molar-refractivity contribution is 5.91. The lowest BCUT2D eigenvalue weighted by Crippen LogP contribution is -2.46. The van der Waals surface area contributed by atoms with E-state index in [0.717, 1.165) is 50.3 Å². The minimum Gasteiger partial charge on any atom is -0.454 e. The molecule has 0 bridgehead atoms. The standard InChI is InChI=1S/C17H19NO3/c19-13-2-5-17-4-1-6-18(17)7-3-11-8-14-15(21-10-20-14)9-12(11)16(13)17/h8-9,16H,1-7,10H2. The van der Waals surface area contributed by atoms with Crippen molar-refractivity contribution in [2.24, 2.45) is 0 Å². The third-order valence-corrected chi connectivity index (χ3v) is 5.93. The molecule has 1 saturated carbocycles. The Labute approximate surface area is 124 Å². The molecular formula is C17H19NO3. The molecule has 1 saturated heterocycles. The largest absolute Gasteiger partial charge is 0.454 e. The van der Waals surface area contributed by atoms with Crippen LogP contribution < -0.4 is 9.47 Å². The van der Waals surface area contributed by atoms with E-state index in [1.807, 2.05) is 0 Å². The highest BCUT2D eigenvalue weighted by Crippen LogP contribution is 2.53. The van der Waals surface area contributed by atoms with Crippen molar-refractivity contribution < 1.29 is 14.3 Å². The molecule has 0 radical (unpaired) electrons. The molecule has 1 aromatic carbocycles. The Kier molecular flexibility index (Phi) is 2.30. The molecule has 5 rings (SSSR count). The summed E-state index contributed by atoms with van der Waals surface area (Å²) < 4.78 is 11.1. The van der Waals surface area contributed by atoms with E-state index in [2.05, 4.69) is 17.0 Å². The second kappa shape index (κ2) is 4.01. The number of ether oxygens (including phenoxy) is 2. The van der Waals surface area contributed by atoms with Crippen LogP contribution in [0.15, 0.2) is 12.1 Å². The van der Waals surface area contributed by atoms with Crippen LogP contribution in [0.25, 0.3) is 0 Å². The second-order valence-corrected chi connectivity index (χ2v) is 6.75. The average Bonchev–Trinajstić information content (AvgIpc) is 3.15. The zero-order valence-corrected chi connectivity index (χ0v) is 12.1. The summed E-state index contributed by atoms with van der Waals surface area (Å²) in [5, 5.41) is 0. The number of nitrogens with zero attached hydrogens (tertiary/aromatic N) is 1. The molecule has 1 spiro atoms. The summed E-state index contributed by atoms with van der Waals surface area (Å²) >= 11 is 0. The molecule has 4 nitrogen and oxygen atoms in total. The van der Waals surface area contributed by atoms with Crippen LogP contribution in [-0.4, -0.2) is 36.1 Å². The number of fused-ring (bicyclic) bond motifs is 3. The van der Waals surface area contributed by atoms with Crippen molar-refractivity contribution in [2.75, 3.05) is 19.9 Å². The molecule has 0 amide bonds. The van der Waals surface area contributed by atoms with Crippen LogP contribution in [0, 0.1) is 0 Å². The van der Waals surface area contributed by atoms with Crippen LogP contribution in [0.5, 0.6) is 11.5 Å². The Hall–Kier alpha value is -1.55. The summed E-state index contributed by atoms with van der Waals surface area (Å²) in [6.07, 6.45) is 5.16. The smallest absolute Gasteiger partial charge is 0.231 e. The predicted octanol–water partition coefficient (Wildman–Crippen LogP) is 2.25. The summed E-state index contributed by atoms with van der Waals surface area (Å²) in [5.74, 6) is 2.13. The number of hydrogen-bond donors (Lipinski definition) is 0. The third-order valence-electron chi connectivity index (χ3n) is 5.93. The highest BCUT2D eigenvalue weighted by atomic mass is 16.7. The Morgan fingerprint density at radius 1 is 1.10 bits per heavy atom. The SMILES string of the molecule is O=C1CCC23CCCN2CCc2cc4c(cc2C13)OCO4. The van der Waals surface area contributed by atoms with Crippen molar-refractivity contribution in [3.8, 4) is 11.5 Å². The van der Waals surface area contributed by atoms with Crippen molar-refractivity contribution >= 4 is 5.78 Å². The monoisotopic (exact) mass is 285 g/mol. The number of ketones is 1. The normalized spacial score (nSPS) is 33.5. The number of hydrogen-bond acceptors (Lipinski definition) is 4. The van der Waals surface area contributed by atoms with Gasteiger partial charge in [0.2, 0.25) is 6.79 Å². The first-order valence-electron chi connectivity index (χ1n) is 7.98. The fraction of sp³-hybridized carbons (Fsp3) is 0.588. The molecular weight excluding hydrogens is 266 g/mol. The molecule has 4 aliphatic rings. The second-order valence-electron chi connectivity index (χ2n) is 6.75. The molecule has 3 heterocycles. The first kappa shape index (κ1) is 12.0. The predicted molar refractivity (Wildman–Crippen MR) is 76.8 cm³/mol. The Morgan fingerprint density at radius 2 is 1.95 bits per heavy atom. The first-order valence-corrected chi connectivity index (χ1v) is 7.98. The van der Waals surface area contributed by atoms with E-state index in [1.165, 1.54) is 17.5 Å². The minimum atomic E-state index is 0.0481. The maximum atomic E-state index is 12.7. The summed E-state index contributed by atoms with van der Waals surface area (Å²) in [6.45, 7) is 2.51.